The number of carbonyl (C=O) groups is 1. The topological polar surface area (TPSA) is 85.4 Å². The summed E-state index contributed by atoms with van der Waals surface area (Å²) in [6.07, 6.45) is 5.33. The quantitative estimate of drug-likeness (QED) is 0.851. The Morgan fingerprint density at radius 1 is 1.17 bits per heavy atom. The van der Waals surface area contributed by atoms with Crippen LogP contribution in [-0.2, 0) is 0 Å². The standard InChI is InChI=1S/C16H18N4O3/c1-22-11-5-6-12(14(7-11)23-2)20-16(21)13-8-18-15(9-17-13)19-10-3-4-10/h5-10H,3-4H2,1-2H3,(H,18,19)(H,20,21). The van der Waals surface area contributed by atoms with Gasteiger partial charge < -0.3 is 20.1 Å². The number of benzene rings is 1. The zero-order chi connectivity index (χ0) is 16.2. The van der Waals surface area contributed by atoms with E-state index in [1.807, 2.05) is 0 Å². The predicted octanol–water partition coefficient (Wildman–Crippen LogP) is 2.32. The van der Waals surface area contributed by atoms with Crippen molar-refractivity contribution >= 4 is 17.4 Å². The van der Waals surface area contributed by atoms with Crippen molar-refractivity contribution in [1.29, 1.82) is 0 Å². The van der Waals surface area contributed by atoms with E-state index in [0.717, 1.165) is 12.8 Å². The Bertz CT molecular complexity index is 699. The largest absolute Gasteiger partial charge is 0.497 e. The summed E-state index contributed by atoms with van der Waals surface area (Å²) in [5.41, 5.74) is 0.782. The van der Waals surface area contributed by atoms with Crippen molar-refractivity contribution in [3.63, 3.8) is 0 Å². The molecule has 0 spiro atoms. The number of nitrogens with zero attached hydrogens (tertiary/aromatic N) is 2. The molecule has 1 aromatic carbocycles. The van der Waals surface area contributed by atoms with E-state index in [9.17, 15) is 4.79 Å². The fourth-order valence-electron chi connectivity index (χ4n) is 2.04. The molecule has 0 aliphatic heterocycles. The molecule has 2 aromatic rings. The minimum Gasteiger partial charge on any atom is -0.497 e. The van der Waals surface area contributed by atoms with Crippen LogP contribution in [0.15, 0.2) is 30.6 Å². The van der Waals surface area contributed by atoms with Gasteiger partial charge in [-0.25, -0.2) is 9.97 Å². The molecule has 1 fully saturated rings. The van der Waals surface area contributed by atoms with Gasteiger partial charge in [0.1, 0.15) is 23.0 Å². The molecule has 1 aliphatic carbocycles. The monoisotopic (exact) mass is 314 g/mol. The molecule has 7 heteroatoms. The van der Waals surface area contributed by atoms with Crippen LogP contribution in [0.25, 0.3) is 0 Å². The maximum Gasteiger partial charge on any atom is 0.275 e. The Labute approximate surface area is 134 Å². The third-order valence-corrected chi connectivity index (χ3v) is 3.47. The number of methoxy groups -OCH3 is 2. The van der Waals surface area contributed by atoms with Crippen molar-refractivity contribution in [3.05, 3.63) is 36.3 Å². The van der Waals surface area contributed by atoms with E-state index in [2.05, 4.69) is 20.6 Å². The van der Waals surface area contributed by atoms with E-state index in [1.54, 1.807) is 31.5 Å². The Hall–Kier alpha value is -2.83. The zero-order valence-corrected chi connectivity index (χ0v) is 13.0. The first-order chi connectivity index (χ1) is 11.2. The highest BCUT2D eigenvalue weighted by Gasteiger charge is 2.21. The highest BCUT2D eigenvalue weighted by Crippen LogP contribution is 2.29. The Morgan fingerprint density at radius 2 is 2.00 bits per heavy atom. The van der Waals surface area contributed by atoms with Gasteiger partial charge in [0.25, 0.3) is 5.91 Å². The van der Waals surface area contributed by atoms with Crippen molar-refractivity contribution in [1.82, 2.24) is 9.97 Å². The first kappa shape index (κ1) is 15.1. The SMILES string of the molecule is COc1ccc(NC(=O)c2cnc(NC3CC3)cn2)c(OC)c1. The number of amides is 1. The van der Waals surface area contributed by atoms with Gasteiger partial charge in [-0.15, -0.1) is 0 Å². The molecule has 2 N–H and O–H groups in total. The number of nitrogens with one attached hydrogen (secondary N) is 2. The van der Waals surface area contributed by atoms with Gasteiger partial charge in [-0.3, -0.25) is 4.79 Å². The van der Waals surface area contributed by atoms with Crippen LogP contribution in [-0.4, -0.2) is 36.1 Å². The van der Waals surface area contributed by atoms with Gasteiger partial charge >= 0.3 is 0 Å². The van der Waals surface area contributed by atoms with Gasteiger partial charge in [-0.1, -0.05) is 0 Å². The van der Waals surface area contributed by atoms with Crippen molar-refractivity contribution in [2.75, 3.05) is 24.9 Å². The second kappa shape index (κ2) is 6.51. The Morgan fingerprint density at radius 3 is 2.61 bits per heavy atom. The maximum atomic E-state index is 12.3. The number of carbonyl (C=O) groups excluding carboxylic acids is 1. The van der Waals surface area contributed by atoms with Crippen LogP contribution in [0, 0.1) is 0 Å². The van der Waals surface area contributed by atoms with Gasteiger partial charge in [-0.05, 0) is 25.0 Å². The van der Waals surface area contributed by atoms with Crippen molar-refractivity contribution < 1.29 is 14.3 Å². The van der Waals surface area contributed by atoms with Crippen molar-refractivity contribution in [3.8, 4) is 11.5 Å². The fourth-order valence-corrected chi connectivity index (χ4v) is 2.04. The van der Waals surface area contributed by atoms with Crippen molar-refractivity contribution in [2.45, 2.75) is 18.9 Å². The first-order valence-corrected chi connectivity index (χ1v) is 7.31. The van der Waals surface area contributed by atoms with Crippen LogP contribution in [0.4, 0.5) is 11.5 Å². The van der Waals surface area contributed by atoms with Gasteiger partial charge in [0.2, 0.25) is 0 Å². The van der Waals surface area contributed by atoms with Crippen LogP contribution in [0.1, 0.15) is 23.3 Å². The summed E-state index contributed by atoms with van der Waals surface area (Å²) in [6.45, 7) is 0. The van der Waals surface area contributed by atoms with E-state index in [0.29, 0.717) is 29.0 Å². The minimum atomic E-state index is -0.348. The lowest BCUT2D eigenvalue weighted by atomic mass is 10.2. The summed E-state index contributed by atoms with van der Waals surface area (Å²) < 4.78 is 10.4. The van der Waals surface area contributed by atoms with Crippen molar-refractivity contribution in [2.24, 2.45) is 0 Å². The molecule has 0 saturated heterocycles. The van der Waals surface area contributed by atoms with Crippen LogP contribution in [0.5, 0.6) is 11.5 Å². The number of rotatable bonds is 6. The van der Waals surface area contributed by atoms with Gasteiger partial charge in [0.15, 0.2) is 0 Å². The number of anilines is 2. The normalized spacial score (nSPS) is 13.3. The lowest BCUT2D eigenvalue weighted by molar-refractivity contribution is 0.102. The van der Waals surface area contributed by atoms with Crippen LogP contribution in [0.3, 0.4) is 0 Å². The Balaban J connectivity index is 1.70. The molecule has 0 atom stereocenters. The summed E-state index contributed by atoms with van der Waals surface area (Å²) in [7, 11) is 3.10. The first-order valence-electron chi connectivity index (χ1n) is 7.31. The van der Waals surface area contributed by atoms with Gasteiger partial charge in [0, 0.05) is 12.1 Å². The second-order valence-corrected chi connectivity index (χ2v) is 5.23. The molecule has 1 aliphatic rings. The summed E-state index contributed by atoms with van der Waals surface area (Å²) in [5, 5.41) is 5.98. The molecular weight excluding hydrogens is 296 g/mol. The molecule has 1 aromatic heterocycles. The van der Waals surface area contributed by atoms with Gasteiger partial charge in [0.05, 0.1) is 32.3 Å². The van der Waals surface area contributed by atoms with E-state index >= 15 is 0 Å². The van der Waals surface area contributed by atoms with Gasteiger partial charge in [-0.2, -0.15) is 0 Å². The van der Waals surface area contributed by atoms with E-state index < -0.39 is 0 Å². The molecule has 7 nitrogen and oxygen atoms in total. The molecular formula is C16H18N4O3. The second-order valence-electron chi connectivity index (χ2n) is 5.23. The van der Waals surface area contributed by atoms with E-state index in [-0.39, 0.29) is 11.6 Å². The molecule has 1 heterocycles. The lowest BCUT2D eigenvalue weighted by Crippen LogP contribution is -2.15. The minimum absolute atomic E-state index is 0.240. The van der Waals surface area contributed by atoms with Crippen LogP contribution in [0.2, 0.25) is 0 Å². The van der Waals surface area contributed by atoms with Crippen LogP contribution >= 0.6 is 0 Å². The molecule has 0 unspecified atom stereocenters. The summed E-state index contributed by atoms with van der Waals surface area (Å²) >= 11 is 0. The maximum absolute atomic E-state index is 12.3. The van der Waals surface area contributed by atoms with E-state index in [4.69, 9.17) is 9.47 Å². The molecule has 0 bridgehead atoms. The average molecular weight is 314 g/mol. The third-order valence-electron chi connectivity index (χ3n) is 3.47. The predicted molar refractivity (Wildman–Crippen MR) is 86.2 cm³/mol. The molecule has 120 valence electrons. The number of aromatic nitrogens is 2. The molecule has 1 amide bonds. The number of ether oxygens (including phenoxy) is 2. The highest BCUT2D eigenvalue weighted by molar-refractivity contribution is 6.03. The Kier molecular flexibility index (Phi) is 4.27. The zero-order valence-electron chi connectivity index (χ0n) is 13.0. The number of hydrogen-bond acceptors (Lipinski definition) is 6. The van der Waals surface area contributed by atoms with Crippen LogP contribution < -0.4 is 20.1 Å². The fraction of sp³-hybridized carbons (Fsp3) is 0.312. The summed E-state index contributed by atoms with van der Waals surface area (Å²) in [6, 6.07) is 5.65. The summed E-state index contributed by atoms with van der Waals surface area (Å²) in [5.74, 6) is 1.50. The molecule has 23 heavy (non-hydrogen) atoms. The lowest BCUT2D eigenvalue weighted by Gasteiger charge is -2.11. The average Bonchev–Trinajstić information content (AvgIpc) is 3.39. The molecule has 0 radical (unpaired) electrons. The highest BCUT2D eigenvalue weighted by atomic mass is 16.5. The molecule has 1 saturated carbocycles. The third kappa shape index (κ3) is 3.68. The van der Waals surface area contributed by atoms with E-state index in [1.165, 1.54) is 13.3 Å². The smallest absolute Gasteiger partial charge is 0.275 e. The summed E-state index contributed by atoms with van der Waals surface area (Å²) in [4.78, 5) is 20.6. The molecule has 3 rings (SSSR count). The number of hydrogen-bond donors (Lipinski definition) is 2.